The summed E-state index contributed by atoms with van der Waals surface area (Å²) in [7, 11) is 0. The Morgan fingerprint density at radius 1 is 1.64 bits per heavy atom. The van der Waals surface area contributed by atoms with Crippen LogP contribution in [-0.2, 0) is 6.54 Å². The minimum Gasteiger partial charge on any atom is -0.350 e. The van der Waals surface area contributed by atoms with E-state index in [4.69, 9.17) is 5.73 Å². The molecule has 2 heteroatoms. The molecule has 0 aliphatic heterocycles. The average molecular weight is 152 g/mol. The number of aryl methyl sites for hydroxylation is 1. The van der Waals surface area contributed by atoms with Gasteiger partial charge in [-0.1, -0.05) is 6.92 Å². The van der Waals surface area contributed by atoms with Gasteiger partial charge in [0.15, 0.2) is 0 Å². The van der Waals surface area contributed by atoms with Gasteiger partial charge in [-0.3, -0.25) is 0 Å². The molecule has 2 nitrogen and oxygen atoms in total. The van der Waals surface area contributed by atoms with Crippen LogP contribution in [0.1, 0.15) is 32.0 Å². The summed E-state index contributed by atoms with van der Waals surface area (Å²) in [5.41, 5.74) is 7.00. The van der Waals surface area contributed by atoms with Crippen molar-refractivity contribution >= 4 is 0 Å². The Morgan fingerprint density at radius 2 is 2.36 bits per heavy atom. The standard InChI is InChI=1S/C9H16N2/c1-3-6-11-7-4-5-9(11)8(2)10/h4-5,7-8H,3,6,10H2,1-2H3. The third-order valence-corrected chi connectivity index (χ3v) is 1.80. The van der Waals surface area contributed by atoms with E-state index in [0.29, 0.717) is 0 Å². The maximum atomic E-state index is 5.77. The number of hydrogen-bond donors (Lipinski definition) is 1. The monoisotopic (exact) mass is 152 g/mol. The zero-order valence-electron chi connectivity index (χ0n) is 7.25. The summed E-state index contributed by atoms with van der Waals surface area (Å²) >= 11 is 0. The largest absolute Gasteiger partial charge is 0.350 e. The molecule has 0 bridgehead atoms. The molecule has 1 aromatic rings. The number of rotatable bonds is 3. The van der Waals surface area contributed by atoms with Gasteiger partial charge in [0.05, 0.1) is 0 Å². The van der Waals surface area contributed by atoms with Gasteiger partial charge in [-0.2, -0.15) is 0 Å². The lowest BCUT2D eigenvalue weighted by Gasteiger charge is -2.09. The third-order valence-electron chi connectivity index (χ3n) is 1.80. The third kappa shape index (κ3) is 1.84. The molecule has 0 saturated carbocycles. The highest BCUT2D eigenvalue weighted by molar-refractivity contribution is 5.10. The van der Waals surface area contributed by atoms with Crippen LogP contribution >= 0.6 is 0 Å². The highest BCUT2D eigenvalue weighted by atomic mass is 15.0. The van der Waals surface area contributed by atoms with Crippen molar-refractivity contribution in [2.75, 3.05) is 0 Å². The van der Waals surface area contributed by atoms with Crippen molar-refractivity contribution < 1.29 is 0 Å². The van der Waals surface area contributed by atoms with Gasteiger partial charge < -0.3 is 10.3 Å². The Kier molecular flexibility index (Phi) is 2.71. The summed E-state index contributed by atoms with van der Waals surface area (Å²) < 4.78 is 2.21. The van der Waals surface area contributed by atoms with Gasteiger partial charge >= 0.3 is 0 Å². The lowest BCUT2D eigenvalue weighted by atomic mass is 10.2. The quantitative estimate of drug-likeness (QED) is 0.704. The fourth-order valence-electron chi connectivity index (χ4n) is 1.29. The van der Waals surface area contributed by atoms with E-state index in [9.17, 15) is 0 Å². The summed E-state index contributed by atoms with van der Waals surface area (Å²) in [6, 6.07) is 4.28. The van der Waals surface area contributed by atoms with Crippen LogP contribution in [0.2, 0.25) is 0 Å². The van der Waals surface area contributed by atoms with Crippen molar-refractivity contribution in [2.45, 2.75) is 32.9 Å². The highest BCUT2D eigenvalue weighted by Crippen LogP contribution is 2.10. The fraction of sp³-hybridized carbons (Fsp3) is 0.556. The summed E-state index contributed by atoms with van der Waals surface area (Å²) in [4.78, 5) is 0. The predicted octanol–water partition coefficient (Wildman–Crippen LogP) is 1.92. The molecular weight excluding hydrogens is 136 g/mol. The molecule has 0 aliphatic carbocycles. The smallest absolute Gasteiger partial charge is 0.0421 e. The van der Waals surface area contributed by atoms with Gasteiger partial charge in [0.2, 0.25) is 0 Å². The first-order valence-electron chi connectivity index (χ1n) is 4.16. The van der Waals surface area contributed by atoms with E-state index in [1.807, 2.05) is 13.0 Å². The minimum absolute atomic E-state index is 0.150. The van der Waals surface area contributed by atoms with Gasteiger partial charge in [-0.15, -0.1) is 0 Å². The van der Waals surface area contributed by atoms with E-state index in [1.165, 1.54) is 5.69 Å². The molecule has 0 aromatic carbocycles. The molecule has 1 unspecified atom stereocenters. The van der Waals surface area contributed by atoms with E-state index in [2.05, 4.69) is 23.8 Å². The van der Waals surface area contributed by atoms with Crippen LogP contribution in [0.3, 0.4) is 0 Å². The summed E-state index contributed by atoms with van der Waals surface area (Å²) in [5, 5.41) is 0. The van der Waals surface area contributed by atoms with Crippen molar-refractivity contribution in [1.82, 2.24) is 4.57 Å². The number of nitrogens with two attached hydrogens (primary N) is 1. The summed E-state index contributed by atoms with van der Waals surface area (Å²) in [6.45, 7) is 5.26. The van der Waals surface area contributed by atoms with Crippen LogP contribution < -0.4 is 5.73 Å². The molecule has 1 atom stereocenters. The summed E-state index contributed by atoms with van der Waals surface area (Å²) in [5.74, 6) is 0. The zero-order chi connectivity index (χ0) is 8.27. The molecule has 2 N–H and O–H groups in total. The van der Waals surface area contributed by atoms with Crippen LogP contribution in [-0.4, -0.2) is 4.57 Å². The Balaban J connectivity index is 2.78. The zero-order valence-corrected chi connectivity index (χ0v) is 7.25. The molecular formula is C9H16N2. The van der Waals surface area contributed by atoms with Crippen molar-refractivity contribution in [1.29, 1.82) is 0 Å². The molecule has 1 heterocycles. The number of aromatic nitrogens is 1. The summed E-state index contributed by atoms with van der Waals surface area (Å²) in [6.07, 6.45) is 3.25. The molecule has 0 aliphatic rings. The average Bonchev–Trinajstić information content (AvgIpc) is 2.36. The second kappa shape index (κ2) is 3.58. The van der Waals surface area contributed by atoms with Crippen LogP contribution in [0.4, 0.5) is 0 Å². The van der Waals surface area contributed by atoms with Crippen LogP contribution in [0, 0.1) is 0 Å². The van der Waals surface area contributed by atoms with E-state index in [1.54, 1.807) is 0 Å². The van der Waals surface area contributed by atoms with E-state index >= 15 is 0 Å². The normalized spacial score (nSPS) is 13.4. The fourth-order valence-corrected chi connectivity index (χ4v) is 1.29. The maximum absolute atomic E-state index is 5.77. The van der Waals surface area contributed by atoms with Crippen LogP contribution in [0.15, 0.2) is 18.3 Å². The van der Waals surface area contributed by atoms with E-state index in [0.717, 1.165) is 13.0 Å². The lowest BCUT2D eigenvalue weighted by Crippen LogP contribution is -2.11. The van der Waals surface area contributed by atoms with Crippen LogP contribution in [0.25, 0.3) is 0 Å². The van der Waals surface area contributed by atoms with Gasteiger partial charge in [0, 0.05) is 24.5 Å². The number of hydrogen-bond acceptors (Lipinski definition) is 1. The molecule has 0 spiro atoms. The Bertz CT molecular complexity index is 213. The number of nitrogens with zero attached hydrogens (tertiary/aromatic N) is 1. The second-order valence-electron chi connectivity index (χ2n) is 2.92. The molecule has 0 radical (unpaired) electrons. The van der Waals surface area contributed by atoms with E-state index in [-0.39, 0.29) is 6.04 Å². The van der Waals surface area contributed by atoms with Crippen molar-refractivity contribution in [3.8, 4) is 0 Å². The molecule has 1 aromatic heterocycles. The first kappa shape index (κ1) is 8.34. The SMILES string of the molecule is CCCn1cccc1C(C)N. The maximum Gasteiger partial charge on any atom is 0.0421 e. The predicted molar refractivity (Wildman–Crippen MR) is 47.3 cm³/mol. The minimum atomic E-state index is 0.150. The van der Waals surface area contributed by atoms with Gasteiger partial charge in [-0.05, 0) is 25.5 Å². The molecule has 0 saturated heterocycles. The Morgan fingerprint density at radius 3 is 2.91 bits per heavy atom. The molecule has 62 valence electrons. The molecule has 11 heavy (non-hydrogen) atoms. The first-order chi connectivity index (χ1) is 5.25. The van der Waals surface area contributed by atoms with Gasteiger partial charge in [-0.25, -0.2) is 0 Å². The molecule has 0 fully saturated rings. The first-order valence-corrected chi connectivity index (χ1v) is 4.16. The molecule has 0 amide bonds. The van der Waals surface area contributed by atoms with Crippen molar-refractivity contribution in [3.63, 3.8) is 0 Å². The highest BCUT2D eigenvalue weighted by Gasteiger charge is 2.03. The van der Waals surface area contributed by atoms with Gasteiger partial charge in [0.25, 0.3) is 0 Å². The Labute approximate surface area is 68.0 Å². The Hall–Kier alpha value is -0.760. The van der Waals surface area contributed by atoms with Gasteiger partial charge in [0.1, 0.15) is 0 Å². The van der Waals surface area contributed by atoms with Crippen LogP contribution in [0.5, 0.6) is 0 Å². The second-order valence-corrected chi connectivity index (χ2v) is 2.92. The van der Waals surface area contributed by atoms with E-state index < -0.39 is 0 Å². The molecule has 1 rings (SSSR count). The van der Waals surface area contributed by atoms with Crippen molar-refractivity contribution in [2.24, 2.45) is 5.73 Å². The topological polar surface area (TPSA) is 30.9 Å². The van der Waals surface area contributed by atoms with Crippen molar-refractivity contribution in [3.05, 3.63) is 24.0 Å². The lowest BCUT2D eigenvalue weighted by molar-refractivity contribution is 0.615.